The third-order valence-electron chi connectivity index (χ3n) is 6.14. The van der Waals surface area contributed by atoms with E-state index in [0.717, 1.165) is 44.9 Å². The highest BCUT2D eigenvalue weighted by Gasteiger charge is 2.24. The molecule has 0 N–H and O–H groups in total. The first-order valence-corrected chi connectivity index (χ1v) is 10.8. The van der Waals surface area contributed by atoms with Crippen molar-refractivity contribution in [2.45, 2.75) is 20.0 Å². The summed E-state index contributed by atoms with van der Waals surface area (Å²) in [4.78, 5) is 15.2. The first-order valence-electron chi connectivity index (χ1n) is 10.8. The topological polar surface area (TPSA) is 61.1 Å². The largest absolute Gasteiger partial charge is 0.497 e. The molecule has 0 amide bonds. The first kappa shape index (κ1) is 21.1. The summed E-state index contributed by atoms with van der Waals surface area (Å²) in [6, 6.07) is 19.3. The highest BCUT2D eigenvalue weighted by Crippen LogP contribution is 2.36. The Morgan fingerprint density at radius 2 is 1.76 bits per heavy atom. The molecule has 0 saturated heterocycles. The van der Waals surface area contributed by atoms with Crippen molar-refractivity contribution in [3.8, 4) is 28.4 Å². The second-order valence-corrected chi connectivity index (χ2v) is 8.11. The number of ether oxygens (including phenoxy) is 3. The maximum absolute atomic E-state index is 13.1. The second kappa shape index (κ2) is 8.64. The standard InChI is InChI=1S/C27H25NO5/c1-17-21-12-13-24-22(15-28(16-32-24)14-19-6-4-5-7-23(19)31-3)26(21)33-27(29)25(17)18-8-10-20(30-2)11-9-18/h4-13H,14-16H2,1-3H3. The molecule has 0 aliphatic carbocycles. The van der Waals surface area contributed by atoms with Gasteiger partial charge in [0.15, 0.2) is 0 Å². The molecule has 0 fully saturated rings. The Hall–Kier alpha value is -3.77. The highest BCUT2D eigenvalue weighted by molar-refractivity contribution is 5.90. The summed E-state index contributed by atoms with van der Waals surface area (Å²) in [5, 5.41) is 0.905. The van der Waals surface area contributed by atoms with Crippen LogP contribution in [0.2, 0.25) is 0 Å². The summed E-state index contributed by atoms with van der Waals surface area (Å²) in [6.07, 6.45) is 0. The van der Waals surface area contributed by atoms with Gasteiger partial charge in [-0.15, -0.1) is 0 Å². The lowest BCUT2D eigenvalue weighted by molar-refractivity contribution is 0.0882. The van der Waals surface area contributed by atoms with Crippen LogP contribution in [0, 0.1) is 6.92 Å². The zero-order valence-electron chi connectivity index (χ0n) is 18.9. The number of rotatable bonds is 5. The van der Waals surface area contributed by atoms with E-state index in [1.165, 1.54) is 0 Å². The zero-order chi connectivity index (χ0) is 22.9. The minimum atomic E-state index is -0.361. The van der Waals surface area contributed by atoms with Crippen LogP contribution < -0.4 is 19.8 Å². The van der Waals surface area contributed by atoms with E-state index in [9.17, 15) is 4.79 Å². The van der Waals surface area contributed by atoms with Gasteiger partial charge in [0, 0.05) is 24.0 Å². The lowest BCUT2D eigenvalue weighted by atomic mass is 9.97. The van der Waals surface area contributed by atoms with Gasteiger partial charge in [-0.25, -0.2) is 4.79 Å². The molecule has 1 aliphatic heterocycles. The molecule has 0 spiro atoms. The Kier molecular flexibility index (Phi) is 5.52. The fourth-order valence-electron chi connectivity index (χ4n) is 4.44. The summed E-state index contributed by atoms with van der Waals surface area (Å²) >= 11 is 0. The Morgan fingerprint density at radius 3 is 2.52 bits per heavy atom. The molecular weight excluding hydrogens is 418 g/mol. The van der Waals surface area contributed by atoms with E-state index >= 15 is 0 Å². The van der Waals surface area contributed by atoms with Crippen molar-refractivity contribution < 1.29 is 18.6 Å². The summed E-state index contributed by atoms with van der Waals surface area (Å²) in [5.41, 5.74) is 4.43. The van der Waals surface area contributed by atoms with Crippen LogP contribution >= 0.6 is 0 Å². The number of nitrogens with zero attached hydrogens (tertiary/aromatic N) is 1. The molecule has 0 saturated carbocycles. The van der Waals surface area contributed by atoms with Crippen molar-refractivity contribution in [1.29, 1.82) is 0 Å². The van der Waals surface area contributed by atoms with Gasteiger partial charge in [-0.3, -0.25) is 4.90 Å². The van der Waals surface area contributed by atoms with Gasteiger partial charge in [0.25, 0.3) is 0 Å². The SMILES string of the molecule is COc1ccc(-c2c(C)c3ccc4c(c3oc2=O)CN(Cc2ccccc2OC)CO4)cc1. The average molecular weight is 443 g/mol. The third kappa shape index (κ3) is 3.83. The number of aryl methyl sites for hydroxylation is 1. The highest BCUT2D eigenvalue weighted by atomic mass is 16.5. The Morgan fingerprint density at radius 1 is 0.970 bits per heavy atom. The van der Waals surface area contributed by atoms with Crippen molar-refractivity contribution in [2.24, 2.45) is 0 Å². The lowest BCUT2D eigenvalue weighted by Gasteiger charge is -2.29. The van der Waals surface area contributed by atoms with Crippen LogP contribution in [-0.2, 0) is 13.1 Å². The van der Waals surface area contributed by atoms with Gasteiger partial charge in [0.2, 0.25) is 0 Å². The van der Waals surface area contributed by atoms with Gasteiger partial charge in [-0.05, 0) is 48.4 Å². The summed E-state index contributed by atoms with van der Waals surface area (Å²) in [6.45, 7) is 3.67. The predicted octanol–water partition coefficient (Wildman–Crippen LogP) is 5.14. The number of benzene rings is 3. The molecule has 5 rings (SSSR count). The second-order valence-electron chi connectivity index (χ2n) is 8.11. The van der Waals surface area contributed by atoms with Crippen molar-refractivity contribution >= 4 is 11.0 Å². The normalized spacial score (nSPS) is 13.4. The predicted molar refractivity (Wildman–Crippen MR) is 127 cm³/mol. The van der Waals surface area contributed by atoms with Crippen LogP contribution in [0.1, 0.15) is 16.7 Å². The summed E-state index contributed by atoms with van der Waals surface area (Å²) < 4.78 is 22.7. The number of hydrogen-bond donors (Lipinski definition) is 0. The van der Waals surface area contributed by atoms with Gasteiger partial charge in [0.05, 0.1) is 25.3 Å². The van der Waals surface area contributed by atoms with Crippen LogP contribution in [0.15, 0.2) is 69.9 Å². The molecule has 6 nitrogen and oxygen atoms in total. The van der Waals surface area contributed by atoms with E-state index in [-0.39, 0.29) is 5.63 Å². The molecule has 1 aromatic heterocycles. The maximum atomic E-state index is 13.1. The van der Waals surface area contributed by atoms with E-state index in [1.54, 1.807) is 14.2 Å². The van der Waals surface area contributed by atoms with Crippen molar-refractivity contribution in [3.63, 3.8) is 0 Å². The van der Waals surface area contributed by atoms with E-state index < -0.39 is 0 Å². The minimum absolute atomic E-state index is 0.361. The summed E-state index contributed by atoms with van der Waals surface area (Å²) in [5.74, 6) is 2.33. The van der Waals surface area contributed by atoms with Gasteiger partial charge < -0.3 is 18.6 Å². The molecule has 168 valence electrons. The molecule has 33 heavy (non-hydrogen) atoms. The van der Waals surface area contributed by atoms with Crippen LogP contribution in [0.5, 0.6) is 17.2 Å². The molecule has 3 aromatic carbocycles. The quantitative estimate of drug-likeness (QED) is 0.398. The number of hydrogen-bond acceptors (Lipinski definition) is 6. The maximum Gasteiger partial charge on any atom is 0.344 e. The van der Waals surface area contributed by atoms with Gasteiger partial charge in [-0.1, -0.05) is 30.3 Å². The van der Waals surface area contributed by atoms with E-state index in [0.29, 0.717) is 31.0 Å². The number of fused-ring (bicyclic) bond motifs is 3. The lowest BCUT2D eigenvalue weighted by Crippen LogP contribution is -2.32. The summed E-state index contributed by atoms with van der Waals surface area (Å²) in [7, 11) is 3.29. The molecule has 0 unspecified atom stereocenters. The number of methoxy groups -OCH3 is 2. The Balaban J connectivity index is 1.54. The van der Waals surface area contributed by atoms with E-state index in [1.807, 2.05) is 67.6 Å². The fourth-order valence-corrected chi connectivity index (χ4v) is 4.44. The Bertz CT molecular complexity index is 1370. The third-order valence-corrected chi connectivity index (χ3v) is 6.14. The fraction of sp³-hybridized carbons (Fsp3) is 0.222. The smallest absolute Gasteiger partial charge is 0.344 e. The van der Waals surface area contributed by atoms with Crippen LogP contribution in [0.25, 0.3) is 22.1 Å². The molecule has 0 bridgehead atoms. The molecule has 6 heteroatoms. The first-order chi connectivity index (χ1) is 16.1. The zero-order valence-corrected chi connectivity index (χ0v) is 18.9. The Labute approximate surface area is 191 Å². The molecule has 0 atom stereocenters. The van der Waals surface area contributed by atoms with Crippen LogP contribution in [0.4, 0.5) is 0 Å². The van der Waals surface area contributed by atoms with Crippen molar-refractivity contribution in [1.82, 2.24) is 4.90 Å². The van der Waals surface area contributed by atoms with Gasteiger partial charge in [0.1, 0.15) is 29.6 Å². The van der Waals surface area contributed by atoms with Gasteiger partial charge >= 0.3 is 5.63 Å². The average Bonchev–Trinajstić information content (AvgIpc) is 2.85. The van der Waals surface area contributed by atoms with Crippen molar-refractivity contribution in [3.05, 3.63) is 87.8 Å². The van der Waals surface area contributed by atoms with E-state index in [4.69, 9.17) is 18.6 Å². The molecule has 4 aromatic rings. The molecule has 0 radical (unpaired) electrons. The van der Waals surface area contributed by atoms with Crippen molar-refractivity contribution in [2.75, 3.05) is 21.0 Å². The van der Waals surface area contributed by atoms with Crippen LogP contribution in [0.3, 0.4) is 0 Å². The molecular formula is C27H25NO5. The van der Waals surface area contributed by atoms with E-state index in [2.05, 4.69) is 4.90 Å². The molecule has 1 aliphatic rings. The van der Waals surface area contributed by atoms with Crippen LogP contribution in [-0.4, -0.2) is 25.9 Å². The van der Waals surface area contributed by atoms with Gasteiger partial charge in [-0.2, -0.15) is 0 Å². The monoisotopic (exact) mass is 443 g/mol. The number of para-hydroxylation sites is 1. The minimum Gasteiger partial charge on any atom is -0.497 e. The molecule has 2 heterocycles.